The lowest BCUT2D eigenvalue weighted by Gasteiger charge is -2.20. The number of halogens is 1. The van der Waals surface area contributed by atoms with Gasteiger partial charge in [-0.2, -0.15) is 0 Å². The Morgan fingerprint density at radius 3 is 2.55 bits per heavy atom. The van der Waals surface area contributed by atoms with Crippen molar-refractivity contribution in [3.8, 4) is 5.75 Å². The highest BCUT2D eigenvalue weighted by molar-refractivity contribution is 6.30. The molecule has 4 nitrogen and oxygen atoms in total. The third-order valence-corrected chi connectivity index (χ3v) is 4.00. The Balaban J connectivity index is 1.64. The molecule has 120 valence electrons. The van der Waals surface area contributed by atoms with Gasteiger partial charge in [0.1, 0.15) is 5.75 Å². The number of benzene rings is 1. The second-order valence-electron chi connectivity index (χ2n) is 5.62. The smallest absolute Gasteiger partial charge is 0.311 e. The number of hydrogen-bond acceptors (Lipinski definition) is 4. The Morgan fingerprint density at radius 2 is 1.82 bits per heavy atom. The first-order chi connectivity index (χ1) is 10.6. The fourth-order valence-corrected chi connectivity index (χ4v) is 2.73. The lowest BCUT2D eigenvalue weighted by atomic mass is 9.90. The predicted octanol–water partition coefficient (Wildman–Crippen LogP) is 4.15. The molecule has 5 heteroatoms. The van der Waals surface area contributed by atoms with Crippen molar-refractivity contribution in [1.29, 1.82) is 0 Å². The molecular weight excluding hydrogens is 304 g/mol. The fraction of sp³-hybridized carbons (Fsp3) is 0.529. The molecule has 0 heterocycles. The summed E-state index contributed by atoms with van der Waals surface area (Å²) >= 11 is 5.81. The van der Waals surface area contributed by atoms with Gasteiger partial charge in [0.25, 0.3) is 0 Å². The first kappa shape index (κ1) is 16.8. The van der Waals surface area contributed by atoms with Gasteiger partial charge in [-0.3, -0.25) is 9.59 Å². The minimum atomic E-state index is -0.461. The van der Waals surface area contributed by atoms with Crippen LogP contribution < -0.4 is 4.74 Å². The van der Waals surface area contributed by atoms with Crippen LogP contribution in [-0.4, -0.2) is 18.5 Å². The molecule has 1 aliphatic carbocycles. The lowest BCUT2D eigenvalue weighted by Crippen LogP contribution is -2.18. The molecule has 0 unspecified atom stereocenters. The first-order valence-corrected chi connectivity index (χ1v) is 8.13. The molecule has 0 aromatic heterocycles. The summed E-state index contributed by atoms with van der Waals surface area (Å²) in [5, 5.41) is 0.497. The van der Waals surface area contributed by atoms with Crippen LogP contribution in [0.15, 0.2) is 24.3 Å². The third-order valence-electron chi connectivity index (χ3n) is 3.77. The molecule has 1 saturated carbocycles. The highest BCUT2D eigenvalue weighted by Crippen LogP contribution is 2.23. The minimum Gasteiger partial charge on any atom is -0.465 e. The van der Waals surface area contributed by atoms with E-state index in [1.54, 1.807) is 24.3 Å². The summed E-state index contributed by atoms with van der Waals surface area (Å²) in [4.78, 5) is 23.3. The summed E-state index contributed by atoms with van der Waals surface area (Å²) in [5.41, 5.74) is 0. The van der Waals surface area contributed by atoms with Crippen molar-refractivity contribution in [2.45, 2.75) is 44.9 Å². The van der Waals surface area contributed by atoms with E-state index in [-0.39, 0.29) is 18.8 Å². The number of carbonyl (C=O) groups is 2. The van der Waals surface area contributed by atoms with E-state index in [2.05, 4.69) is 0 Å². The van der Waals surface area contributed by atoms with Gasteiger partial charge in [0, 0.05) is 5.02 Å². The SMILES string of the molecule is O=C(CCC(=O)Oc1cccc(Cl)c1)OCC1CCCCC1. The number of esters is 2. The maximum absolute atomic E-state index is 11.7. The van der Waals surface area contributed by atoms with Gasteiger partial charge in [-0.05, 0) is 37.0 Å². The molecule has 0 bridgehead atoms. The van der Waals surface area contributed by atoms with Crippen molar-refractivity contribution in [3.05, 3.63) is 29.3 Å². The van der Waals surface area contributed by atoms with E-state index in [1.165, 1.54) is 19.3 Å². The molecule has 1 aromatic rings. The van der Waals surface area contributed by atoms with Crippen molar-refractivity contribution >= 4 is 23.5 Å². The summed E-state index contributed by atoms with van der Waals surface area (Å²) < 4.78 is 10.3. The van der Waals surface area contributed by atoms with Gasteiger partial charge >= 0.3 is 11.9 Å². The van der Waals surface area contributed by atoms with Crippen LogP contribution in [0, 0.1) is 5.92 Å². The second kappa shape index (κ2) is 8.79. The average Bonchev–Trinajstić information content (AvgIpc) is 2.52. The van der Waals surface area contributed by atoms with Crippen LogP contribution in [0.4, 0.5) is 0 Å². The molecule has 0 atom stereocenters. The predicted molar refractivity (Wildman–Crippen MR) is 83.9 cm³/mol. The summed E-state index contributed by atoms with van der Waals surface area (Å²) in [6.45, 7) is 0.474. The van der Waals surface area contributed by atoms with E-state index < -0.39 is 5.97 Å². The second-order valence-corrected chi connectivity index (χ2v) is 6.05. The van der Waals surface area contributed by atoms with Crippen LogP contribution in [0.1, 0.15) is 44.9 Å². The van der Waals surface area contributed by atoms with E-state index in [0.29, 0.717) is 23.3 Å². The van der Waals surface area contributed by atoms with Crippen LogP contribution in [0.25, 0.3) is 0 Å². The van der Waals surface area contributed by atoms with E-state index in [9.17, 15) is 9.59 Å². The molecule has 0 saturated heterocycles. The zero-order valence-corrected chi connectivity index (χ0v) is 13.3. The molecule has 0 aliphatic heterocycles. The monoisotopic (exact) mass is 324 g/mol. The van der Waals surface area contributed by atoms with Gasteiger partial charge in [-0.25, -0.2) is 0 Å². The lowest BCUT2D eigenvalue weighted by molar-refractivity contribution is -0.148. The molecule has 2 rings (SSSR count). The molecule has 0 radical (unpaired) electrons. The Labute approximate surface area is 135 Å². The average molecular weight is 325 g/mol. The number of rotatable bonds is 6. The summed E-state index contributed by atoms with van der Waals surface area (Å²) in [6, 6.07) is 6.59. The molecule has 1 aromatic carbocycles. The molecule has 1 aliphatic rings. The van der Waals surface area contributed by atoms with Crippen molar-refractivity contribution in [1.82, 2.24) is 0 Å². The Morgan fingerprint density at radius 1 is 1.09 bits per heavy atom. The van der Waals surface area contributed by atoms with Gasteiger partial charge in [0.05, 0.1) is 19.4 Å². The Hall–Kier alpha value is -1.55. The Bertz CT molecular complexity index is 509. The van der Waals surface area contributed by atoms with Crippen LogP contribution >= 0.6 is 11.6 Å². The van der Waals surface area contributed by atoms with E-state index in [4.69, 9.17) is 21.1 Å². The van der Waals surface area contributed by atoms with Crippen LogP contribution in [-0.2, 0) is 14.3 Å². The number of carbonyl (C=O) groups excluding carboxylic acids is 2. The third kappa shape index (κ3) is 6.06. The molecule has 22 heavy (non-hydrogen) atoms. The maximum Gasteiger partial charge on any atom is 0.311 e. The van der Waals surface area contributed by atoms with E-state index in [1.807, 2.05) is 0 Å². The van der Waals surface area contributed by atoms with Crippen LogP contribution in [0.5, 0.6) is 5.75 Å². The standard InChI is InChI=1S/C17H21ClO4/c18-14-7-4-8-15(11-14)22-17(20)10-9-16(19)21-12-13-5-2-1-3-6-13/h4,7-8,11,13H,1-3,5-6,9-10,12H2. The van der Waals surface area contributed by atoms with Gasteiger partial charge in [-0.15, -0.1) is 0 Å². The summed E-state index contributed by atoms with van der Waals surface area (Å²) in [6.07, 6.45) is 6.03. The van der Waals surface area contributed by atoms with Gasteiger partial charge in [-0.1, -0.05) is 36.9 Å². The zero-order valence-electron chi connectivity index (χ0n) is 12.6. The van der Waals surface area contributed by atoms with Crippen molar-refractivity contribution in [2.24, 2.45) is 5.92 Å². The number of hydrogen-bond donors (Lipinski definition) is 0. The maximum atomic E-state index is 11.7. The van der Waals surface area contributed by atoms with Crippen molar-refractivity contribution in [2.75, 3.05) is 6.61 Å². The Kier molecular flexibility index (Phi) is 6.72. The van der Waals surface area contributed by atoms with E-state index in [0.717, 1.165) is 12.8 Å². The van der Waals surface area contributed by atoms with Gasteiger partial charge < -0.3 is 9.47 Å². The summed E-state index contributed by atoms with van der Waals surface area (Å²) in [7, 11) is 0. The number of ether oxygens (including phenoxy) is 2. The van der Waals surface area contributed by atoms with E-state index >= 15 is 0 Å². The highest BCUT2D eigenvalue weighted by Gasteiger charge is 2.16. The topological polar surface area (TPSA) is 52.6 Å². The summed E-state index contributed by atoms with van der Waals surface area (Å²) in [5.74, 6) is 0.0645. The van der Waals surface area contributed by atoms with Gasteiger partial charge in [0.15, 0.2) is 0 Å². The van der Waals surface area contributed by atoms with Crippen molar-refractivity contribution in [3.63, 3.8) is 0 Å². The van der Waals surface area contributed by atoms with Gasteiger partial charge in [0.2, 0.25) is 0 Å². The molecule has 0 N–H and O–H groups in total. The molecular formula is C17H21ClO4. The zero-order chi connectivity index (χ0) is 15.8. The molecule has 0 amide bonds. The normalized spacial score (nSPS) is 15.3. The largest absolute Gasteiger partial charge is 0.465 e. The van der Waals surface area contributed by atoms with Crippen LogP contribution in [0.2, 0.25) is 5.02 Å². The first-order valence-electron chi connectivity index (χ1n) is 7.75. The molecule has 0 spiro atoms. The highest BCUT2D eigenvalue weighted by atomic mass is 35.5. The van der Waals surface area contributed by atoms with Crippen LogP contribution in [0.3, 0.4) is 0 Å². The quantitative estimate of drug-likeness (QED) is 0.582. The fourth-order valence-electron chi connectivity index (χ4n) is 2.55. The van der Waals surface area contributed by atoms with Crippen molar-refractivity contribution < 1.29 is 19.1 Å². The minimum absolute atomic E-state index is 0.00993. The molecule has 1 fully saturated rings.